The molecule has 0 bridgehead atoms. The molecule has 1 aliphatic rings. The Balaban J connectivity index is 1.97. The minimum Gasteiger partial charge on any atom is -0.366 e. The molecule has 0 radical (unpaired) electrons. The lowest BCUT2D eigenvalue weighted by Gasteiger charge is -2.30. The first-order valence-corrected chi connectivity index (χ1v) is 7.31. The standard InChI is InChI=1S/C15H18N4O2/c1-10-4-2-3-5-13(10)18-15-12-8-11(19(20)21)6-7-14(12)16-9-17-15/h6-10,13H,2-5H2,1H3,(H,16,17,18). The normalized spacial score (nSPS) is 22.1. The van der Waals surface area contributed by atoms with Crippen LogP contribution in [0.3, 0.4) is 0 Å². The largest absolute Gasteiger partial charge is 0.366 e. The predicted molar refractivity (Wildman–Crippen MR) is 81.2 cm³/mol. The Morgan fingerprint density at radius 3 is 2.86 bits per heavy atom. The molecule has 2 atom stereocenters. The molecular weight excluding hydrogens is 268 g/mol. The van der Waals surface area contributed by atoms with E-state index in [2.05, 4.69) is 22.2 Å². The van der Waals surface area contributed by atoms with E-state index in [1.54, 1.807) is 12.1 Å². The molecule has 0 amide bonds. The number of aromatic nitrogens is 2. The van der Waals surface area contributed by atoms with Crippen molar-refractivity contribution in [2.24, 2.45) is 5.92 Å². The van der Waals surface area contributed by atoms with Crippen LogP contribution in [-0.2, 0) is 0 Å². The summed E-state index contributed by atoms with van der Waals surface area (Å²) in [7, 11) is 0. The van der Waals surface area contributed by atoms with Crippen LogP contribution in [0.4, 0.5) is 11.5 Å². The molecule has 0 spiro atoms. The number of nitro benzene ring substituents is 1. The zero-order valence-electron chi connectivity index (χ0n) is 12.0. The molecule has 1 heterocycles. The molecule has 6 nitrogen and oxygen atoms in total. The van der Waals surface area contributed by atoms with Gasteiger partial charge >= 0.3 is 0 Å². The molecule has 110 valence electrons. The molecule has 1 fully saturated rings. The van der Waals surface area contributed by atoms with Gasteiger partial charge in [0, 0.05) is 23.6 Å². The van der Waals surface area contributed by atoms with E-state index in [1.807, 2.05) is 0 Å². The lowest BCUT2D eigenvalue weighted by Crippen LogP contribution is -2.30. The first kappa shape index (κ1) is 13.7. The average Bonchev–Trinajstić information content (AvgIpc) is 2.49. The summed E-state index contributed by atoms with van der Waals surface area (Å²) in [6.45, 7) is 2.24. The fourth-order valence-corrected chi connectivity index (χ4v) is 2.98. The summed E-state index contributed by atoms with van der Waals surface area (Å²) in [6, 6.07) is 5.06. The van der Waals surface area contributed by atoms with E-state index in [4.69, 9.17) is 0 Å². The van der Waals surface area contributed by atoms with Crippen LogP contribution in [0.5, 0.6) is 0 Å². The highest BCUT2D eigenvalue weighted by atomic mass is 16.6. The monoisotopic (exact) mass is 286 g/mol. The highest BCUT2D eigenvalue weighted by Gasteiger charge is 2.22. The number of rotatable bonds is 3. The number of benzene rings is 1. The van der Waals surface area contributed by atoms with Gasteiger partial charge in [-0.2, -0.15) is 0 Å². The van der Waals surface area contributed by atoms with Crippen molar-refractivity contribution in [2.45, 2.75) is 38.6 Å². The Morgan fingerprint density at radius 1 is 1.29 bits per heavy atom. The summed E-state index contributed by atoms with van der Waals surface area (Å²) in [5.41, 5.74) is 0.790. The van der Waals surface area contributed by atoms with Crippen molar-refractivity contribution in [2.75, 3.05) is 5.32 Å². The van der Waals surface area contributed by atoms with Gasteiger partial charge in [-0.25, -0.2) is 9.97 Å². The third-order valence-electron chi connectivity index (χ3n) is 4.26. The van der Waals surface area contributed by atoms with Gasteiger partial charge in [-0.3, -0.25) is 10.1 Å². The van der Waals surface area contributed by atoms with Gasteiger partial charge in [-0.1, -0.05) is 19.8 Å². The average molecular weight is 286 g/mol. The van der Waals surface area contributed by atoms with Gasteiger partial charge in [0.05, 0.1) is 10.4 Å². The molecule has 0 aliphatic heterocycles. The van der Waals surface area contributed by atoms with E-state index in [-0.39, 0.29) is 10.6 Å². The molecular formula is C15H18N4O2. The van der Waals surface area contributed by atoms with Crippen LogP contribution in [0.2, 0.25) is 0 Å². The number of fused-ring (bicyclic) bond motifs is 1. The highest BCUT2D eigenvalue weighted by molar-refractivity contribution is 5.90. The number of nitro groups is 1. The van der Waals surface area contributed by atoms with Gasteiger partial charge in [0.2, 0.25) is 0 Å². The Hall–Kier alpha value is -2.24. The van der Waals surface area contributed by atoms with Crippen molar-refractivity contribution in [1.29, 1.82) is 0 Å². The van der Waals surface area contributed by atoms with Crippen LogP contribution in [0, 0.1) is 16.0 Å². The van der Waals surface area contributed by atoms with Crippen LogP contribution in [0.15, 0.2) is 24.5 Å². The summed E-state index contributed by atoms with van der Waals surface area (Å²) >= 11 is 0. The van der Waals surface area contributed by atoms with E-state index < -0.39 is 0 Å². The van der Waals surface area contributed by atoms with Gasteiger partial charge in [0.15, 0.2) is 0 Å². The maximum atomic E-state index is 10.9. The predicted octanol–water partition coefficient (Wildman–Crippen LogP) is 3.53. The van der Waals surface area contributed by atoms with E-state index in [0.717, 1.165) is 11.9 Å². The molecule has 1 saturated carbocycles. The van der Waals surface area contributed by atoms with Crippen LogP contribution < -0.4 is 5.32 Å². The molecule has 3 rings (SSSR count). The molecule has 0 saturated heterocycles. The van der Waals surface area contributed by atoms with Gasteiger partial charge < -0.3 is 5.32 Å². The Kier molecular flexibility index (Phi) is 3.68. The van der Waals surface area contributed by atoms with E-state index in [0.29, 0.717) is 23.2 Å². The van der Waals surface area contributed by atoms with Crippen LogP contribution in [-0.4, -0.2) is 20.9 Å². The van der Waals surface area contributed by atoms with Gasteiger partial charge in [0.1, 0.15) is 12.1 Å². The lowest BCUT2D eigenvalue weighted by molar-refractivity contribution is -0.384. The van der Waals surface area contributed by atoms with Crippen molar-refractivity contribution >= 4 is 22.4 Å². The van der Waals surface area contributed by atoms with Gasteiger partial charge in [0.25, 0.3) is 5.69 Å². The van der Waals surface area contributed by atoms with Crippen LogP contribution in [0.1, 0.15) is 32.6 Å². The van der Waals surface area contributed by atoms with Crippen molar-refractivity contribution in [3.8, 4) is 0 Å². The molecule has 6 heteroatoms. The zero-order valence-corrected chi connectivity index (χ0v) is 12.0. The SMILES string of the molecule is CC1CCCCC1Nc1ncnc2ccc([N+](=O)[O-])cc12. The zero-order chi connectivity index (χ0) is 14.8. The molecule has 1 aliphatic carbocycles. The summed E-state index contributed by atoms with van der Waals surface area (Å²) in [4.78, 5) is 19.0. The number of anilines is 1. The molecule has 2 aromatic rings. The fraction of sp³-hybridized carbons (Fsp3) is 0.467. The van der Waals surface area contributed by atoms with Crippen molar-refractivity contribution in [3.63, 3.8) is 0 Å². The van der Waals surface area contributed by atoms with Crippen LogP contribution in [0.25, 0.3) is 10.9 Å². The molecule has 1 aromatic heterocycles. The number of hydrogen-bond donors (Lipinski definition) is 1. The number of hydrogen-bond acceptors (Lipinski definition) is 5. The number of nitrogens with one attached hydrogen (secondary N) is 1. The van der Waals surface area contributed by atoms with Crippen molar-refractivity contribution < 1.29 is 4.92 Å². The second kappa shape index (κ2) is 5.63. The third kappa shape index (κ3) is 2.79. The first-order valence-electron chi connectivity index (χ1n) is 7.31. The summed E-state index contributed by atoms with van der Waals surface area (Å²) in [5, 5.41) is 15.1. The van der Waals surface area contributed by atoms with Crippen molar-refractivity contribution in [3.05, 3.63) is 34.6 Å². The number of nitrogens with zero attached hydrogens (tertiary/aromatic N) is 3. The Labute approximate surface area is 122 Å². The first-order chi connectivity index (χ1) is 10.1. The van der Waals surface area contributed by atoms with Crippen molar-refractivity contribution in [1.82, 2.24) is 9.97 Å². The minimum absolute atomic E-state index is 0.0667. The molecule has 1 N–H and O–H groups in total. The second-order valence-electron chi connectivity index (χ2n) is 5.69. The molecule has 2 unspecified atom stereocenters. The number of non-ortho nitro benzene ring substituents is 1. The molecule has 1 aromatic carbocycles. The van der Waals surface area contributed by atoms with Crippen LogP contribution >= 0.6 is 0 Å². The molecule has 21 heavy (non-hydrogen) atoms. The van der Waals surface area contributed by atoms with Gasteiger partial charge in [-0.15, -0.1) is 0 Å². The Bertz CT molecular complexity index is 674. The second-order valence-corrected chi connectivity index (χ2v) is 5.69. The lowest BCUT2D eigenvalue weighted by atomic mass is 9.86. The quantitative estimate of drug-likeness (QED) is 0.689. The fourth-order valence-electron chi connectivity index (χ4n) is 2.98. The topological polar surface area (TPSA) is 81.0 Å². The summed E-state index contributed by atoms with van der Waals surface area (Å²) in [5.74, 6) is 1.28. The van der Waals surface area contributed by atoms with E-state index in [9.17, 15) is 10.1 Å². The summed E-state index contributed by atoms with van der Waals surface area (Å²) < 4.78 is 0. The smallest absolute Gasteiger partial charge is 0.270 e. The van der Waals surface area contributed by atoms with E-state index >= 15 is 0 Å². The van der Waals surface area contributed by atoms with E-state index in [1.165, 1.54) is 31.7 Å². The Morgan fingerprint density at radius 2 is 2.10 bits per heavy atom. The third-order valence-corrected chi connectivity index (χ3v) is 4.26. The minimum atomic E-state index is -0.389. The maximum Gasteiger partial charge on any atom is 0.270 e. The highest BCUT2D eigenvalue weighted by Crippen LogP contribution is 2.29. The van der Waals surface area contributed by atoms with Gasteiger partial charge in [-0.05, 0) is 24.8 Å². The summed E-state index contributed by atoms with van der Waals surface area (Å²) in [6.07, 6.45) is 6.31. The maximum absolute atomic E-state index is 10.9.